The summed E-state index contributed by atoms with van der Waals surface area (Å²) in [4.78, 5) is 21.9. The molecule has 0 radical (unpaired) electrons. The lowest BCUT2D eigenvalue weighted by molar-refractivity contribution is -0.120. The molecule has 0 saturated carbocycles. The molecule has 3 amide bonds. The summed E-state index contributed by atoms with van der Waals surface area (Å²) in [6.07, 6.45) is 0. The van der Waals surface area contributed by atoms with Gasteiger partial charge in [-0.25, -0.2) is 4.79 Å². The van der Waals surface area contributed by atoms with Crippen LogP contribution in [0.15, 0.2) is 0 Å². The molecular formula is C5H8N6O2. The molecule has 8 N–H and O–H groups in total. The molecule has 1 saturated heterocycles. The number of nitrogens with two attached hydrogens (primary N) is 2. The summed E-state index contributed by atoms with van der Waals surface area (Å²) in [6.45, 7) is 0. The van der Waals surface area contributed by atoms with Gasteiger partial charge in [0.15, 0.2) is 0 Å². The lowest BCUT2D eigenvalue weighted by atomic mass is 9.97. The molecule has 1 rings (SSSR count). The summed E-state index contributed by atoms with van der Waals surface area (Å²) in [5, 5.41) is 18.0. The molecular weight excluding hydrogens is 176 g/mol. The van der Waals surface area contributed by atoms with E-state index in [1.165, 1.54) is 0 Å². The largest absolute Gasteiger partial charge is 0.385 e. The number of amides is 3. The Morgan fingerprint density at radius 3 is 1.85 bits per heavy atom. The molecule has 1 aliphatic rings. The van der Waals surface area contributed by atoms with Crippen LogP contribution < -0.4 is 22.1 Å². The van der Waals surface area contributed by atoms with Crippen LogP contribution in [0.1, 0.15) is 0 Å². The van der Waals surface area contributed by atoms with Crippen LogP contribution >= 0.6 is 0 Å². The Kier molecular flexibility index (Phi) is 1.68. The van der Waals surface area contributed by atoms with Gasteiger partial charge in [-0.3, -0.25) is 20.9 Å². The van der Waals surface area contributed by atoms with Crippen molar-refractivity contribution in [3.8, 4) is 0 Å². The standard InChI is InChI=1S/C5H8N6O2/c6-1(7)5(2(8)9)3(12)10-4(13)11-5/h(H3,6,7)(H3,8,9)(H2,10,11,12,13). The number of amidine groups is 2. The first kappa shape index (κ1) is 8.97. The van der Waals surface area contributed by atoms with E-state index in [-0.39, 0.29) is 0 Å². The van der Waals surface area contributed by atoms with Gasteiger partial charge >= 0.3 is 6.03 Å². The second-order valence-electron chi connectivity index (χ2n) is 2.49. The van der Waals surface area contributed by atoms with Crippen molar-refractivity contribution in [2.75, 3.05) is 0 Å². The zero-order valence-electron chi connectivity index (χ0n) is 6.47. The van der Waals surface area contributed by atoms with E-state index < -0.39 is 29.1 Å². The van der Waals surface area contributed by atoms with E-state index in [0.29, 0.717) is 0 Å². The van der Waals surface area contributed by atoms with Crippen molar-refractivity contribution < 1.29 is 9.59 Å². The van der Waals surface area contributed by atoms with E-state index in [2.05, 4.69) is 0 Å². The maximum absolute atomic E-state index is 11.2. The third-order valence-corrected chi connectivity index (χ3v) is 1.68. The molecule has 8 nitrogen and oxygen atoms in total. The monoisotopic (exact) mass is 184 g/mol. The van der Waals surface area contributed by atoms with Gasteiger partial charge in [0.05, 0.1) is 0 Å². The number of urea groups is 1. The van der Waals surface area contributed by atoms with E-state index in [9.17, 15) is 9.59 Å². The summed E-state index contributed by atoms with van der Waals surface area (Å²) >= 11 is 0. The first-order valence-corrected chi connectivity index (χ1v) is 3.24. The lowest BCUT2D eigenvalue weighted by Gasteiger charge is -2.21. The number of hydrogen-bond acceptors (Lipinski definition) is 4. The molecule has 13 heavy (non-hydrogen) atoms. The molecule has 1 aliphatic heterocycles. The van der Waals surface area contributed by atoms with Crippen molar-refractivity contribution >= 4 is 23.6 Å². The zero-order chi connectivity index (χ0) is 10.2. The highest BCUT2D eigenvalue weighted by Crippen LogP contribution is 2.09. The number of carbonyl (C=O) groups is 2. The molecule has 8 heteroatoms. The third kappa shape index (κ3) is 0.991. The maximum Gasteiger partial charge on any atom is 0.323 e. The molecule has 0 aliphatic carbocycles. The van der Waals surface area contributed by atoms with Crippen molar-refractivity contribution in [3.05, 3.63) is 0 Å². The van der Waals surface area contributed by atoms with Gasteiger partial charge in [-0.1, -0.05) is 0 Å². The van der Waals surface area contributed by atoms with Crippen LogP contribution in [0.3, 0.4) is 0 Å². The van der Waals surface area contributed by atoms with Gasteiger partial charge < -0.3 is 16.8 Å². The highest BCUT2D eigenvalue weighted by Gasteiger charge is 2.52. The Bertz CT molecular complexity index is 307. The Labute approximate surface area is 72.7 Å². The molecule has 0 aromatic rings. The van der Waals surface area contributed by atoms with Crippen LogP contribution in [-0.2, 0) is 4.79 Å². The molecule has 0 atom stereocenters. The summed E-state index contributed by atoms with van der Waals surface area (Å²) in [7, 11) is 0. The highest BCUT2D eigenvalue weighted by molar-refractivity contribution is 6.34. The van der Waals surface area contributed by atoms with Crippen LogP contribution in [-0.4, -0.2) is 29.1 Å². The van der Waals surface area contributed by atoms with Crippen LogP contribution in [0.25, 0.3) is 0 Å². The van der Waals surface area contributed by atoms with E-state index in [1.54, 1.807) is 0 Å². The normalized spacial score (nSPS) is 26.5. The van der Waals surface area contributed by atoms with Gasteiger partial charge in [0.1, 0.15) is 11.7 Å². The van der Waals surface area contributed by atoms with E-state index in [4.69, 9.17) is 22.3 Å². The summed E-state index contributed by atoms with van der Waals surface area (Å²) in [6, 6.07) is -0.824. The summed E-state index contributed by atoms with van der Waals surface area (Å²) in [5.41, 5.74) is 8.14. The minimum absolute atomic E-state index is 0.691. The van der Waals surface area contributed by atoms with Gasteiger partial charge in [-0.2, -0.15) is 0 Å². The average Bonchev–Trinajstić information content (AvgIpc) is 2.26. The second-order valence-corrected chi connectivity index (χ2v) is 2.49. The molecule has 1 fully saturated rings. The third-order valence-electron chi connectivity index (χ3n) is 1.68. The average molecular weight is 184 g/mol. The molecule has 0 aromatic carbocycles. The van der Waals surface area contributed by atoms with E-state index in [0.717, 1.165) is 0 Å². The van der Waals surface area contributed by atoms with E-state index in [1.807, 2.05) is 10.6 Å². The van der Waals surface area contributed by atoms with Crippen molar-refractivity contribution in [2.45, 2.75) is 5.54 Å². The maximum atomic E-state index is 11.2. The van der Waals surface area contributed by atoms with Crippen molar-refractivity contribution in [3.63, 3.8) is 0 Å². The first-order chi connectivity index (χ1) is 5.91. The topological polar surface area (TPSA) is 158 Å². The Morgan fingerprint density at radius 1 is 1.23 bits per heavy atom. The highest BCUT2D eigenvalue weighted by atomic mass is 16.2. The molecule has 0 bridgehead atoms. The Morgan fingerprint density at radius 2 is 1.69 bits per heavy atom. The minimum atomic E-state index is -2.00. The predicted octanol–water partition coefficient (Wildman–Crippen LogP) is -2.56. The number of imide groups is 1. The number of carbonyl (C=O) groups excluding carboxylic acids is 2. The Balaban J connectivity index is 3.20. The van der Waals surface area contributed by atoms with Crippen LogP contribution in [0, 0.1) is 10.8 Å². The smallest absolute Gasteiger partial charge is 0.323 e. The summed E-state index contributed by atoms with van der Waals surface area (Å²) in [5.74, 6) is -2.29. The zero-order valence-corrected chi connectivity index (χ0v) is 6.47. The fraction of sp³-hybridized carbons (Fsp3) is 0.200. The Hall–Kier alpha value is -2.12. The van der Waals surface area contributed by atoms with Gasteiger partial charge in [-0.15, -0.1) is 0 Å². The van der Waals surface area contributed by atoms with Gasteiger partial charge in [0.25, 0.3) is 5.91 Å². The first-order valence-electron chi connectivity index (χ1n) is 3.24. The van der Waals surface area contributed by atoms with Crippen molar-refractivity contribution in [1.82, 2.24) is 10.6 Å². The predicted molar refractivity (Wildman–Crippen MR) is 43.2 cm³/mol. The quantitative estimate of drug-likeness (QED) is 0.158. The van der Waals surface area contributed by atoms with Gasteiger partial charge in [-0.05, 0) is 0 Å². The van der Waals surface area contributed by atoms with Crippen molar-refractivity contribution in [1.29, 1.82) is 10.8 Å². The van der Waals surface area contributed by atoms with Crippen LogP contribution in [0.2, 0.25) is 0 Å². The van der Waals surface area contributed by atoms with E-state index >= 15 is 0 Å². The minimum Gasteiger partial charge on any atom is -0.385 e. The van der Waals surface area contributed by atoms with Crippen LogP contribution in [0.4, 0.5) is 4.79 Å². The molecule has 0 spiro atoms. The van der Waals surface area contributed by atoms with Gasteiger partial charge in [0, 0.05) is 0 Å². The van der Waals surface area contributed by atoms with Gasteiger partial charge in [0.2, 0.25) is 5.54 Å². The fourth-order valence-electron chi connectivity index (χ4n) is 0.980. The molecule has 70 valence electrons. The molecule has 0 unspecified atom stereocenters. The number of nitrogens with one attached hydrogen (secondary N) is 4. The second kappa shape index (κ2) is 2.44. The summed E-state index contributed by atoms with van der Waals surface area (Å²) < 4.78 is 0. The molecule has 1 heterocycles. The SMILES string of the molecule is N=C(N)C1(C(=N)N)NC(=O)NC1=O. The lowest BCUT2D eigenvalue weighted by Crippen LogP contribution is -2.64. The number of hydrogen-bond donors (Lipinski definition) is 6. The number of rotatable bonds is 2. The molecule has 0 aromatic heterocycles. The van der Waals surface area contributed by atoms with Crippen molar-refractivity contribution in [2.24, 2.45) is 11.5 Å². The van der Waals surface area contributed by atoms with Crippen LogP contribution in [0.5, 0.6) is 0 Å². The fourth-order valence-corrected chi connectivity index (χ4v) is 0.980.